The third-order valence-corrected chi connectivity index (χ3v) is 7.82. The zero-order valence-electron chi connectivity index (χ0n) is 17.0. The van der Waals surface area contributed by atoms with Gasteiger partial charge in [-0.05, 0) is 50.0 Å². The lowest BCUT2D eigenvalue weighted by atomic mass is 9.50. The van der Waals surface area contributed by atoms with Gasteiger partial charge >= 0.3 is 0 Å². The molecular formula is C22H25ClN4O2. The van der Waals surface area contributed by atoms with Crippen molar-refractivity contribution in [2.75, 3.05) is 7.11 Å². The molecule has 0 spiro atoms. The minimum absolute atomic E-state index is 0.121. The molecule has 2 saturated heterocycles. The summed E-state index contributed by atoms with van der Waals surface area (Å²) < 4.78 is 5.31. The van der Waals surface area contributed by atoms with Crippen LogP contribution < -0.4 is 4.74 Å². The van der Waals surface area contributed by atoms with Crippen molar-refractivity contribution in [3.63, 3.8) is 0 Å². The number of hydrogen-bond acceptors (Lipinski definition) is 4. The van der Waals surface area contributed by atoms with Crippen molar-refractivity contribution in [1.82, 2.24) is 14.9 Å². The number of carbonyl (C=O) groups is 1. The number of aromatic amines is 1. The van der Waals surface area contributed by atoms with Crippen molar-refractivity contribution >= 4 is 28.5 Å². The first-order valence-electron chi connectivity index (χ1n) is 10.2. The number of H-pyrrole nitrogens is 1. The predicted molar refractivity (Wildman–Crippen MR) is 110 cm³/mol. The molecule has 2 aliphatic heterocycles. The molecular weight excluding hydrogens is 388 g/mol. The van der Waals surface area contributed by atoms with E-state index < -0.39 is 0 Å². The fourth-order valence-electron chi connectivity index (χ4n) is 6.54. The summed E-state index contributed by atoms with van der Waals surface area (Å²) in [7, 11) is 1.56. The average Bonchev–Trinajstić information content (AvgIpc) is 3.11. The fraction of sp³-hybridized carbons (Fsp3) is 0.591. The lowest BCUT2D eigenvalue weighted by molar-refractivity contribution is -0.164. The van der Waals surface area contributed by atoms with Gasteiger partial charge in [0, 0.05) is 23.7 Å². The van der Waals surface area contributed by atoms with E-state index in [4.69, 9.17) is 16.3 Å². The van der Waals surface area contributed by atoms with E-state index in [9.17, 15) is 10.1 Å². The van der Waals surface area contributed by atoms with E-state index in [1.54, 1.807) is 13.3 Å². The van der Waals surface area contributed by atoms with Gasteiger partial charge < -0.3 is 14.6 Å². The highest BCUT2D eigenvalue weighted by Crippen LogP contribution is 2.61. The van der Waals surface area contributed by atoms with Gasteiger partial charge in [-0.1, -0.05) is 18.5 Å². The number of fused-ring (bicyclic) bond motifs is 1. The van der Waals surface area contributed by atoms with Crippen LogP contribution in [0.2, 0.25) is 5.02 Å². The number of pyridine rings is 1. The molecule has 1 N–H and O–H groups in total. The summed E-state index contributed by atoms with van der Waals surface area (Å²) in [4.78, 5) is 23.3. The van der Waals surface area contributed by atoms with Gasteiger partial charge in [-0.3, -0.25) is 4.79 Å². The van der Waals surface area contributed by atoms with Gasteiger partial charge in [-0.2, -0.15) is 5.26 Å². The van der Waals surface area contributed by atoms with E-state index in [0.29, 0.717) is 16.4 Å². The topological polar surface area (TPSA) is 82.0 Å². The first-order chi connectivity index (χ1) is 13.8. The first-order valence-corrected chi connectivity index (χ1v) is 10.6. The maximum absolute atomic E-state index is 13.7. The highest BCUT2D eigenvalue weighted by Gasteiger charge is 2.60. The number of rotatable bonds is 3. The molecule has 6 rings (SSSR count). The van der Waals surface area contributed by atoms with Crippen LogP contribution >= 0.6 is 11.6 Å². The smallest absolute Gasteiger partial charge is 0.230 e. The Kier molecular flexibility index (Phi) is 3.96. The Hall–Kier alpha value is -2.26. The lowest BCUT2D eigenvalue weighted by Crippen LogP contribution is -2.66. The summed E-state index contributed by atoms with van der Waals surface area (Å²) in [5.41, 5.74) is 1.43. The molecule has 6 nitrogen and oxygen atoms in total. The van der Waals surface area contributed by atoms with Crippen molar-refractivity contribution in [2.24, 2.45) is 10.8 Å². The number of hydrogen-bond donors (Lipinski definition) is 1. The van der Waals surface area contributed by atoms with Crippen molar-refractivity contribution in [3.05, 3.63) is 23.0 Å². The maximum Gasteiger partial charge on any atom is 0.230 e. The van der Waals surface area contributed by atoms with Crippen molar-refractivity contribution in [1.29, 1.82) is 5.26 Å². The first kappa shape index (κ1) is 18.7. The fourth-order valence-corrected chi connectivity index (χ4v) is 6.87. The van der Waals surface area contributed by atoms with Crippen LogP contribution in [0.5, 0.6) is 5.75 Å². The Morgan fingerprint density at radius 1 is 1.41 bits per heavy atom. The zero-order chi connectivity index (χ0) is 20.6. The number of ether oxygens (including phenoxy) is 1. The molecule has 152 valence electrons. The van der Waals surface area contributed by atoms with Crippen molar-refractivity contribution in [2.45, 2.75) is 64.0 Å². The largest absolute Gasteiger partial charge is 0.494 e. The summed E-state index contributed by atoms with van der Waals surface area (Å²) >= 11 is 6.55. The number of amides is 1. The second kappa shape index (κ2) is 6.12. The van der Waals surface area contributed by atoms with Crippen LogP contribution in [0.4, 0.5) is 0 Å². The third-order valence-electron chi connectivity index (χ3n) is 7.45. The summed E-state index contributed by atoms with van der Waals surface area (Å²) in [6.45, 7) is 4.23. The normalized spacial score (nSPS) is 33.7. The van der Waals surface area contributed by atoms with E-state index in [2.05, 4.69) is 27.9 Å². The van der Waals surface area contributed by atoms with E-state index in [1.165, 1.54) is 0 Å². The molecule has 3 atom stereocenters. The van der Waals surface area contributed by atoms with Crippen LogP contribution in [0.25, 0.3) is 11.0 Å². The molecule has 0 aromatic carbocycles. The van der Waals surface area contributed by atoms with Crippen LogP contribution in [0, 0.1) is 22.2 Å². The molecule has 2 aliphatic carbocycles. The molecule has 4 heterocycles. The van der Waals surface area contributed by atoms with Gasteiger partial charge in [0.25, 0.3) is 0 Å². The highest BCUT2D eigenvalue weighted by molar-refractivity contribution is 6.37. The number of nitrogens with zero attached hydrogens (tertiary/aromatic N) is 3. The minimum Gasteiger partial charge on any atom is -0.494 e. The SMILES string of the molecule is COc1cnc2[nH]cc(C(C)C(=O)N3C4CC5(C)CC3CC(C#N)(C4)C5)c2c1Cl. The van der Waals surface area contributed by atoms with E-state index in [1.807, 2.05) is 13.1 Å². The summed E-state index contributed by atoms with van der Waals surface area (Å²) in [5.74, 6) is 0.271. The molecule has 0 radical (unpaired) electrons. The second-order valence-electron chi connectivity index (χ2n) is 9.58. The van der Waals surface area contributed by atoms with Crippen LogP contribution in [0.3, 0.4) is 0 Å². The van der Waals surface area contributed by atoms with Crippen molar-refractivity contribution < 1.29 is 9.53 Å². The Bertz CT molecular complexity index is 1040. The minimum atomic E-state index is -0.349. The Labute approximate surface area is 175 Å². The van der Waals surface area contributed by atoms with Crippen molar-refractivity contribution in [3.8, 4) is 11.8 Å². The Morgan fingerprint density at radius 3 is 2.72 bits per heavy atom. The van der Waals surface area contributed by atoms with Crippen LogP contribution in [-0.4, -0.2) is 40.0 Å². The molecule has 1 amide bonds. The van der Waals surface area contributed by atoms with Gasteiger partial charge in [0.05, 0.1) is 35.7 Å². The summed E-state index contributed by atoms with van der Waals surface area (Å²) in [6, 6.07) is 2.93. The summed E-state index contributed by atoms with van der Waals surface area (Å²) in [6.07, 6.45) is 7.99. The number of piperidine rings is 2. The molecule has 2 saturated carbocycles. The van der Waals surface area contributed by atoms with E-state index in [-0.39, 0.29) is 34.7 Å². The molecule has 2 aromatic heterocycles. The monoisotopic (exact) mass is 412 g/mol. The number of nitrogens with one attached hydrogen (secondary N) is 1. The van der Waals surface area contributed by atoms with Crippen LogP contribution in [0.15, 0.2) is 12.4 Å². The van der Waals surface area contributed by atoms with Gasteiger partial charge in [0.2, 0.25) is 5.91 Å². The standard InChI is InChI=1S/C22H25ClN4O2/c1-12(15-8-25-19-17(15)18(23)16(29-3)9-26-19)20(28)27-13-4-21(2)5-14(27)7-22(6-13,10-21)11-24/h8-9,12-14H,4-7,10H2,1-3H3,(H,25,26). The molecule has 2 aromatic rings. The Balaban J connectivity index is 1.50. The quantitative estimate of drug-likeness (QED) is 0.809. The van der Waals surface area contributed by atoms with E-state index >= 15 is 0 Å². The molecule has 4 aliphatic rings. The second-order valence-corrected chi connectivity index (χ2v) is 9.96. The van der Waals surface area contributed by atoms with Gasteiger partial charge in [0.15, 0.2) is 5.75 Å². The molecule has 29 heavy (non-hydrogen) atoms. The van der Waals surface area contributed by atoms with Crippen LogP contribution in [-0.2, 0) is 4.79 Å². The summed E-state index contributed by atoms with van der Waals surface area (Å²) in [5, 5.41) is 11.1. The Morgan fingerprint density at radius 2 is 2.10 bits per heavy atom. The zero-order valence-corrected chi connectivity index (χ0v) is 17.7. The maximum atomic E-state index is 13.7. The predicted octanol–water partition coefficient (Wildman–Crippen LogP) is 4.40. The number of halogens is 1. The van der Waals surface area contributed by atoms with Gasteiger partial charge in [-0.15, -0.1) is 0 Å². The molecule has 4 fully saturated rings. The molecule has 7 heteroatoms. The highest BCUT2D eigenvalue weighted by atomic mass is 35.5. The molecule has 4 bridgehead atoms. The number of aromatic nitrogens is 2. The van der Waals surface area contributed by atoms with Gasteiger partial charge in [-0.25, -0.2) is 4.98 Å². The van der Waals surface area contributed by atoms with Crippen LogP contribution in [0.1, 0.15) is 57.4 Å². The number of carbonyl (C=O) groups excluding carboxylic acids is 1. The van der Waals surface area contributed by atoms with Gasteiger partial charge in [0.1, 0.15) is 5.65 Å². The molecule has 3 unspecified atom stereocenters. The average molecular weight is 413 g/mol. The number of methoxy groups -OCH3 is 1. The van der Waals surface area contributed by atoms with E-state index in [0.717, 1.165) is 43.1 Å². The lowest BCUT2D eigenvalue weighted by Gasteiger charge is -2.63. The third kappa shape index (κ3) is 2.60. The number of nitriles is 1.